The Hall–Kier alpha value is -2.18. The first kappa shape index (κ1) is 14.2. The van der Waals surface area contributed by atoms with Gasteiger partial charge in [0.05, 0.1) is 6.04 Å². The maximum atomic E-state index is 11.9. The number of fused-ring (bicyclic) bond motifs is 1. The predicted molar refractivity (Wildman–Crippen MR) is 88.8 cm³/mol. The van der Waals surface area contributed by atoms with Gasteiger partial charge in [0.15, 0.2) is 5.82 Å². The van der Waals surface area contributed by atoms with Crippen molar-refractivity contribution in [2.24, 2.45) is 18.9 Å². The van der Waals surface area contributed by atoms with Crippen molar-refractivity contribution in [2.75, 3.05) is 11.4 Å². The number of anilines is 1. The summed E-state index contributed by atoms with van der Waals surface area (Å²) in [4.78, 5) is 23.4. The molecule has 2 atom stereocenters. The fourth-order valence-electron chi connectivity index (χ4n) is 4.62. The smallest absolute Gasteiger partial charge is 0.343 e. The summed E-state index contributed by atoms with van der Waals surface area (Å²) < 4.78 is 1.67. The minimum Gasteiger partial charge on any atom is -0.346 e. The van der Waals surface area contributed by atoms with Crippen LogP contribution in [0.2, 0.25) is 0 Å². The van der Waals surface area contributed by atoms with Gasteiger partial charge in [-0.1, -0.05) is 0 Å². The van der Waals surface area contributed by atoms with Gasteiger partial charge >= 0.3 is 5.69 Å². The summed E-state index contributed by atoms with van der Waals surface area (Å²) in [6.07, 6.45) is 8.72. The lowest BCUT2D eigenvalue weighted by atomic mass is 9.94. The molecule has 2 aromatic rings. The fraction of sp³-hybridized carbons (Fsp3) is 0.647. The molecule has 2 aromatic heterocycles. The van der Waals surface area contributed by atoms with Crippen molar-refractivity contribution in [1.29, 1.82) is 0 Å². The van der Waals surface area contributed by atoms with Crippen LogP contribution in [0.25, 0.3) is 0 Å². The summed E-state index contributed by atoms with van der Waals surface area (Å²) in [5, 5.41) is 6.98. The van der Waals surface area contributed by atoms with Gasteiger partial charge in [0.25, 0.3) is 0 Å². The Bertz CT molecular complexity index is 836. The van der Waals surface area contributed by atoms with Crippen LogP contribution >= 0.6 is 0 Å². The monoisotopic (exact) mass is 326 g/mol. The van der Waals surface area contributed by atoms with Gasteiger partial charge in [0.1, 0.15) is 12.1 Å². The average Bonchev–Trinajstić information content (AvgIpc) is 3.02. The zero-order valence-electron chi connectivity index (χ0n) is 13.9. The van der Waals surface area contributed by atoms with Crippen LogP contribution in [0.3, 0.4) is 0 Å². The highest BCUT2D eigenvalue weighted by molar-refractivity contribution is 5.53. The molecule has 5 rings (SSSR count). The minimum absolute atomic E-state index is 0.140. The van der Waals surface area contributed by atoms with E-state index in [1.165, 1.54) is 24.1 Å². The summed E-state index contributed by atoms with van der Waals surface area (Å²) in [6.45, 7) is 0.982. The summed E-state index contributed by atoms with van der Waals surface area (Å²) in [6, 6.07) is 0.140. The van der Waals surface area contributed by atoms with E-state index in [0.717, 1.165) is 49.8 Å². The van der Waals surface area contributed by atoms with E-state index in [1.54, 1.807) is 10.9 Å². The summed E-state index contributed by atoms with van der Waals surface area (Å²) in [7, 11) is 1.81. The molecule has 0 bridgehead atoms. The maximum absolute atomic E-state index is 11.9. The molecule has 3 heterocycles. The molecular formula is C17H22N6O. The lowest BCUT2D eigenvalue weighted by Crippen LogP contribution is -2.31. The quantitative estimate of drug-likeness (QED) is 0.921. The van der Waals surface area contributed by atoms with Gasteiger partial charge < -0.3 is 4.90 Å². The van der Waals surface area contributed by atoms with Crippen molar-refractivity contribution >= 4 is 5.82 Å². The third-order valence-corrected chi connectivity index (χ3v) is 5.98. The summed E-state index contributed by atoms with van der Waals surface area (Å²) in [5.41, 5.74) is 2.36. The first-order valence-electron chi connectivity index (χ1n) is 8.94. The second kappa shape index (κ2) is 5.16. The van der Waals surface area contributed by atoms with Gasteiger partial charge in [0, 0.05) is 24.8 Å². The van der Waals surface area contributed by atoms with Crippen molar-refractivity contribution in [3.05, 3.63) is 33.9 Å². The predicted octanol–water partition coefficient (Wildman–Crippen LogP) is 1.36. The number of H-pyrrole nitrogens is 1. The van der Waals surface area contributed by atoms with Crippen LogP contribution in [-0.4, -0.2) is 31.3 Å². The molecule has 0 amide bonds. The van der Waals surface area contributed by atoms with E-state index in [0.29, 0.717) is 5.92 Å². The lowest BCUT2D eigenvalue weighted by molar-refractivity contribution is 0.405. The Morgan fingerprint density at radius 1 is 1.21 bits per heavy atom. The van der Waals surface area contributed by atoms with Crippen LogP contribution in [-0.2, 0) is 19.9 Å². The van der Waals surface area contributed by atoms with Gasteiger partial charge in [-0.25, -0.2) is 19.9 Å². The second-order valence-electron chi connectivity index (χ2n) is 7.35. The molecule has 1 saturated carbocycles. The zero-order chi connectivity index (χ0) is 16.3. The van der Waals surface area contributed by atoms with E-state index in [-0.39, 0.29) is 11.7 Å². The van der Waals surface area contributed by atoms with Crippen LogP contribution < -0.4 is 10.6 Å². The second-order valence-corrected chi connectivity index (χ2v) is 7.35. The van der Waals surface area contributed by atoms with Crippen LogP contribution in [0.4, 0.5) is 5.82 Å². The van der Waals surface area contributed by atoms with Gasteiger partial charge in [0.2, 0.25) is 0 Å². The summed E-state index contributed by atoms with van der Waals surface area (Å²) >= 11 is 0. The van der Waals surface area contributed by atoms with Crippen molar-refractivity contribution in [1.82, 2.24) is 24.7 Å². The van der Waals surface area contributed by atoms with E-state index >= 15 is 0 Å². The van der Waals surface area contributed by atoms with Crippen molar-refractivity contribution in [3.63, 3.8) is 0 Å². The molecule has 24 heavy (non-hydrogen) atoms. The Labute approximate surface area is 140 Å². The normalized spacial score (nSPS) is 26.1. The highest BCUT2D eigenvalue weighted by Crippen LogP contribution is 2.51. The number of aromatic nitrogens is 5. The molecule has 2 aliphatic carbocycles. The van der Waals surface area contributed by atoms with Crippen molar-refractivity contribution < 1.29 is 0 Å². The maximum Gasteiger partial charge on any atom is 0.343 e. The molecule has 2 unspecified atom stereocenters. The number of rotatable bonds is 3. The topological polar surface area (TPSA) is 79.7 Å². The van der Waals surface area contributed by atoms with E-state index in [4.69, 9.17) is 0 Å². The molecule has 2 fully saturated rings. The van der Waals surface area contributed by atoms with Crippen molar-refractivity contribution in [3.8, 4) is 0 Å². The summed E-state index contributed by atoms with van der Waals surface area (Å²) in [5.74, 6) is 3.24. The molecule has 0 radical (unpaired) electrons. The molecule has 1 N–H and O–H groups in total. The highest BCUT2D eigenvalue weighted by atomic mass is 16.1. The van der Waals surface area contributed by atoms with Gasteiger partial charge in [-0.2, -0.15) is 5.10 Å². The molecule has 7 nitrogen and oxygen atoms in total. The standard InChI is InChI=1S/C17H22N6O/c1-22-16(20-21-17(22)24)14-11(10-5-6-10)7-8-23(14)15-12-3-2-4-13(12)18-9-19-15/h9-11,14H,2-8H2,1H3,(H,21,24). The largest absolute Gasteiger partial charge is 0.346 e. The van der Waals surface area contributed by atoms with Crippen LogP contribution in [0, 0.1) is 11.8 Å². The average molecular weight is 326 g/mol. The third kappa shape index (κ3) is 2.03. The molecule has 1 aliphatic heterocycles. The van der Waals surface area contributed by atoms with Crippen LogP contribution in [0.1, 0.15) is 48.8 Å². The third-order valence-electron chi connectivity index (χ3n) is 5.98. The first-order valence-corrected chi connectivity index (χ1v) is 8.94. The number of hydrogen-bond acceptors (Lipinski definition) is 5. The molecule has 1 saturated heterocycles. The zero-order valence-corrected chi connectivity index (χ0v) is 13.9. The molecular weight excluding hydrogens is 304 g/mol. The highest BCUT2D eigenvalue weighted by Gasteiger charge is 2.47. The minimum atomic E-state index is -0.140. The number of hydrogen-bond donors (Lipinski definition) is 1. The van der Waals surface area contributed by atoms with Gasteiger partial charge in [-0.05, 0) is 50.4 Å². The fourth-order valence-corrected chi connectivity index (χ4v) is 4.62. The van der Waals surface area contributed by atoms with Crippen molar-refractivity contribution in [2.45, 2.75) is 44.6 Å². The molecule has 7 heteroatoms. The Balaban J connectivity index is 1.61. The Morgan fingerprint density at radius 3 is 2.83 bits per heavy atom. The number of aryl methyl sites for hydroxylation is 1. The molecule has 0 aromatic carbocycles. The molecule has 3 aliphatic rings. The first-order chi connectivity index (χ1) is 11.7. The van der Waals surface area contributed by atoms with Crippen LogP contribution in [0.15, 0.2) is 11.1 Å². The SMILES string of the molecule is Cn1c(C2C(C3CC3)CCN2c2ncnc3c2CCC3)n[nH]c1=O. The number of nitrogens with zero attached hydrogens (tertiary/aromatic N) is 5. The van der Waals surface area contributed by atoms with E-state index in [1.807, 2.05) is 7.05 Å². The van der Waals surface area contributed by atoms with Gasteiger partial charge in [-0.15, -0.1) is 0 Å². The van der Waals surface area contributed by atoms with Crippen LogP contribution in [0.5, 0.6) is 0 Å². The number of nitrogens with one attached hydrogen (secondary N) is 1. The van der Waals surface area contributed by atoms with E-state index in [2.05, 4.69) is 25.1 Å². The molecule has 0 spiro atoms. The Kier molecular flexibility index (Phi) is 3.05. The van der Waals surface area contributed by atoms with E-state index in [9.17, 15) is 4.79 Å². The Morgan fingerprint density at radius 2 is 2.08 bits per heavy atom. The van der Waals surface area contributed by atoms with Gasteiger partial charge in [-0.3, -0.25) is 4.57 Å². The molecule has 126 valence electrons. The number of aromatic amines is 1. The lowest BCUT2D eigenvalue weighted by Gasteiger charge is -2.29. The van der Waals surface area contributed by atoms with E-state index < -0.39 is 0 Å².